The maximum atomic E-state index is 11.8. The molecule has 2 aromatic carbocycles. The Labute approximate surface area is 149 Å². The van der Waals surface area contributed by atoms with E-state index in [4.69, 9.17) is 20.8 Å². The number of amides is 1. The Bertz CT molecular complexity index is 934. The molecule has 6 heteroatoms. The highest BCUT2D eigenvalue weighted by Crippen LogP contribution is 2.19. The lowest BCUT2D eigenvalue weighted by atomic mass is 10.1. The Morgan fingerprint density at radius 3 is 2.64 bits per heavy atom. The molecule has 0 saturated carbocycles. The molecule has 1 heterocycles. The van der Waals surface area contributed by atoms with Gasteiger partial charge in [-0.1, -0.05) is 23.7 Å². The van der Waals surface area contributed by atoms with Crippen molar-refractivity contribution in [1.82, 2.24) is 5.32 Å². The van der Waals surface area contributed by atoms with Crippen molar-refractivity contribution in [3.8, 4) is 5.75 Å². The summed E-state index contributed by atoms with van der Waals surface area (Å²) in [5, 5.41) is 4.27. The van der Waals surface area contributed by atoms with Crippen molar-refractivity contribution >= 4 is 28.5 Å². The molecular weight excluding hydrogens is 342 g/mol. The first-order chi connectivity index (χ1) is 12.1. The highest BCUT2D eigenvalue weighted by molar-refractivity contribution is 6.30. The molecule has 0 spiro atoms. The fourth-order valence-corrected chi connectivity index (χ4v) is 2.45. The molecule has 0 aliphatic carbocycles. The number of hydrogen-bond donors (Lipinski definition) is 1. The number of halogens is 1. The van der Waals surface area contributed by atoms with Crippen LogP contribution in [0.5, 0.6) is 5.75 Å². The third-order valence-electron chi connectivity index (χ3n) is 3.61. The van der Waals surface area contributed by atoms with E-state index in [0.717, 1.165) is 10.9 Å². The zero-order valence-electron chi connectivity index (χ0n) is 13.3. The van der Waals surface area contributed by atoms with E-state index in [1.165, 1.54) is 6.07 Å². The Morgan fingerprint density at radius 2 is 1.84 bits per heavy atom. The molecule has 0 aliphatic heterocycles. The molecule has 0 radical (unpaired) electrons. The number of benzene rings is 2. The first-order valence-electron chi connectivity index (χ1n) is 7.78. The number of carbonyl (C=O) groups is 1. The molecule has 0 bridgehead atoms. The van der Waals surface area contributed by atoms with Crippen LogP contribution in [0.1, 0.15) is 5.56 Å². The van der Waals surface area contributed by atoms with Crippen LogP contribution in [-0.2, 0) is 11.2 Å². The Hall–Kier alpha value is -2.79. The van der Waals surface area contributed by atoms with E-state index < -0.39 is 5.63 Å². The first-order valence-corrected chi connectivity index (χ1v) is 8.16. The van der Waals surface area contributed by atoms with Crippen LogP contribution in [0.25, 0.3) is 11.0 Å². The molecule has 0 fully saturated rings. The van der Waals surface area contributed by atoms with Crippen LogP contribution >= 0.6 is 11.6 Å². The van der Waals surface area contributed by atoms with E-state index >= 15 is 0 Å². The summed E-state index contributed by atoms with van der Waals surface area (Å²) in [6, 6.07) is 15.6. The fourth-order valence-electron chi connectivity index (χ4n) is 2.33. The van der Waals surface area contributed by atoms with Crippen LogP contribution in [0.2, 0.25) is 5.02 Å². The second kappa shape index (κ2) is 7.85. The van der Waals surface area contributed by atoms with Crippen LogP contribution in [0.3, 0.4) is 0 Å². The SMILES string of the molecule is O=C(COc1ccc2ccc(=O)oc2c1)NCCc1ccc(Cl)cc1. The van der Waals surface area contributed by atoms with Crippen LogP contribution in [-0.4, -0.2) is 19.1 Å². The molecule has 1 aromatic heterocycles. The summed E-state index contributed by atoms with van der Waals surface area (Å²) in [4.78, 5) is 23.1. The minimum absolute atomic E-state index is 0.108. The zero-order chi connectivity index (χ0) is 17.6. The van der Waals surface area contributed by atoms with Gasteiger partial charge in [0.1, 0.15) is 11.3 Å². The average molecular weight is 358 g/mol. The van der Waals surface area contributed by atoms with Crippen molar-refractivity contribution in [2.75, 3.05) is 13.2 Å². The fraction of sp³-hybridized carbons (Fsp3) is 0.158. The monoisotopic (exact) mass is 357 g/mol. The largest absolute Gasteiger partial charge is 0.484 e. The van der Waals surface area contributed by atoms with Gasteiger partial charge in [-0.3, -0.25) is 4.79 Å². The van der Waals surface area contributed by atoms with Gasteiger partial charge in [-0.25, -0.2) is 4.79 Å². The van der Waals surface area contributed by atoms with Crippen molar-refractivity contribution in [2.24, 2.45) is 0 Å². The van der Waals surface area contributed by atoms with E-state index in [1.807, 2.05) is 24.3 Å². The molecule has 5 nitrogen and oxygen atoms in total. The van der Waals surface area contributed by atoms with Gasteiger partial charge in [-0.2, -0.15) is 0 Å². The van der Waals surface area contributed by atoms with Crippen LogP contribution < -0.4 is 15.7 Å². The van der Waals surface area contributed by atoms with Gasteiger partial charge in [0.2, 0.25) is 0 Å². The van der Waals surface area contributed by atoms with Gasteiger partial charge in [0.05, 0.1) is 0 Å². The zero-order valence-corrected chi connectivity index (χ0v) is 14.1. The summed E-state index contributed by atoms with van der Waals surface area (Å²) in [6.45, 7) is 0.402. The van der Waals surface area contributed by atoms with E-state index in [0.29, 0.717) is 29.3 Å². The van der Waals surface area contributed by atoms with Crippen LogP contribution in [0, 0.1) is 0 Å². The summed E-state index contributed by atoms with van der Waals surface area (Å²) in [5.74, 6) is 0.248. The molecule has 0 aliphatic rings. The maximum Gasteiger partial charge on any atom is 0.336 e. The number of hydrogen-bond acceptors (Lipinski definition) is 4. The highest BCUT2D eigenvalue weighted by atomic mass is 35.5. The third kappa shape index (κ3) is 4.84. The number of carbonyl (C=O) groups excluding carboxylic acids is 1. The second-order valence-corrected chi connectivity index (χ2v) is 5.91. The van der Waals surface area contributed by atoms with Gasteiger partial charge in [0, 0.05) is 29.1 Å². The standard InChI is InChI=1S/C19H16ClNO4/c20-15-5-1-13(2-6-15)9-10-21-18(22)12-24-16-7-3-14-4-8-19(23)25-17(14)11-16/h1-8,11H,9-10,12H2,(H,21,22). The van der Waals surface area contributed by atoms with Gasteiger partial charge in [-0.05, 0) is 42.3 Å². The van der Waals surface area contributed by atoms with E-state index in [2.05, 4.69) is 5.32 Å². The van der Waals surface area contributed by atoms with Gasteiger partial charge in [-0.15, -0.1) is 0 Å². The second-order valence-electron chi connectivity index (χ2n) is 5.47. The van der Waals surface area contributed by atoms with Crippen molar-refractivity contribution in [1.29, 1.82) is 0 Å². The molecule has 0 atom stereocenters. The maximum absolute atomic E-state index is 11.8. The molecule has 3 rings (SSSR count). The first kappa shape index (κ1) is 17.0. The minimum atomic E-state index is -0.426. The van der Waals surface area contributed by atoms with Crippen molar-refractivity contribution in [2.45, 2.75) is 6.42 Å². The normalized spacial score (nSPS) is 10.6. The summed E-state index contributed by atoms with van der Waals surface area (Å²) in [6.07, 6.45) is 0.712. The van der Waals surface area contributed by atoms with Gasteiger partial charge in [0.25, 0.3) is 5.91 Å². The smallest absolute Gasteiger partial charge is 0.336 e. The van der Waals surface area contributed by atoms with Gasteiger partial charge >= 0.3 is 5.63 Å². The Kier molecular flexibility index (Phi) is 5.36. The lowest BCUT2D eigenvalue weighted by molar-refractivity contribution is -0.123. The molecular formula is C19H16ClNO4. The van der Waals surface area contributed by atoms with Crippen molar-refractivity contribution in [3.63, 3.8) is 0 Å². The van der Waals surface area contributed by atoms with E-state index in [9.17, 15) is 9.59 Å². The number of ether oxygens (including phenoxy) is 1. The topological polar surface area (TPSA) is 68.5 Å². The number of rotatable bonds is 6. The quantitative estimate of drug-likeness (QED) is 0.688. The van der Waals surface area contributed by atoms with Crippen molar-refractivity contribution in [3.05, 3.63) is 75.6 Å². The lowest BCUT2D eigenvalue weighted by Crippen LogP contribution is -2.30. The Morgan fingerprint density at radius 1 is 1.08 bits per heavy atom. The predicted octanol–water partition coefficient (Wildman–Crippen LogP) is 3.18. The van der Waals surface area contributed by atoms with E-state index in [1.54, 1.807) is 24.3 Å². The third-order valence-corrected chi connectivity index (χ3v) is 3.87. The van der Waals surface area contributed by atoms with Crippen LogP contribution in [0.4, 0.5) is 0 Å². The predicted molar refractivity (Wildman–Crippen MR) is 96.1 cm³/mol. The lowest BCUT2D eigenvalue weighted by Gasteiger charge is -2.08. The van der Waals surface area contributed by atoms with Crippen LogP contribution in [0.15, 0.2) is 63.8 Å². The molecule has 128 valence electrons. The summed E-state index contributed by atoms with van der Waals surface area (Å²) < 4.78 is 10.5. The summed E-state index contributed by atoms with van der Waals surface area (Å²) in [7, 11) is 0. The number of nitrogens with one attached hydrogen (secondary N) is 1. The molecule has 3 aromatic rings. The molecule has 25 heavy (non-hydrogen) atoms. The van der Waals surface area contributed by atoms with Gasteiger partial charge < -0.3 is 14.5 Å². The molecule has 1 amide bonds. The molecule has 0 unspecified atom stereocenters. The summed E-state index contributed by atoms with van der Waals surface area (Å²) >= 11 is 5.83. The number of fused-ring (bicyclic) bond motifs is 1. The molecule has 1 N–H and O–H groups in total. The molecule has 0 saturated heterocycles. The minimum Gasteiger partial charge on any atom is -0.484 e. The summed E-state index contributed by atoms with van der Waals surface area (Å²) in [5.41, 5.74) is 1.09. The highest BCUT2D eigenvalue weighted by Gasteiger charge is 2.05. The van der Waals surface area contributed by atoms with E-state index in [-0.39, 0.29) is 12.5 Å². The Balaban J connectivity index is 1.48. The van der Waals surface area contributed by atoms with Gasteiger partial charge in [0.15, 0.2) is 6.61 Å². The van der Waals surface area contributed by atoms with Crippen molar-refractivity contribution < 1.29 is 13.9 Å². The average Bonchev–Trinajstić information content (AvgIpc) is 2.61.